The first-order valence-electron chi connectivity index (χ1n) is 10.6. The second-order valence-electron chi connectivity index (χ2n) is 7.82. The van der Waals surface area contributed by atoms with E-state index in [1.54, 1.807) is 0 Å². The van der Waals surface area contributed by atoms with Crippen molar-refractivity contribution in [2.24, 2.45) is 10.7 Å². The Morgan fingerprint density at radius 1 is 1.17 bits per heavy atom. The zero-order valence-electron chi connectivity index (χ0n) is 17.4. The molecule has 0 saturated heterocycles. The number of fused-ring (bicyclic) bond motifs is 2. The highest BCUT2D eigenvalue weighted by atomic mass is 16.6. The van der Waals surface area contributed by atoms with E-state index in [-0.39, 0.29) is 11.6 Å². The van der Waals surface area contributed by atoms with Crippen molar-refractivity contribution in [2.75, 3.05) is 25.5 Å². The minimum atomic E-state index is -0.530. The molecule has 0 fully saturated rings. The third-order valence-electron chi connectivity index (χ3n) is 5.97. The molecule has 6 N–H and O–H groups in total. The van der Waals surface area contributed by atoms with E-state index in [0.717, 1.165) is 63.4 Å². The predicted molar refractivity (Wildman–Crippen MR) is 114 cm³/mol. The van der Waals surface area contributed by atoms with Crippen LogP contribution in [-0.2, 0) is 37.0 Å². The lowest BCUT2D eigenvalue weighted by atomic mass is 9.92. The van der Waals surface area contributed by atoms with E-state index in [2.05, 4.69) is 21.1 Å². The molecular weight excluding hydrogens is 384 g/mol. The van der Waals surface area contributed by atoms with Crippen molar-refractivity contribution in [3.05, 3.63) is 39.7 Å². The molecule has 0 spiro atoms. The molecule has 0 saturated carbocycles. The molecule has 2 aliphatic carbocycles. The van der Waals surface area contributed by atoms with E-state index in [0.29, 0.717) is 18.3 Å². The number of nitrogens with one attached hydrogen (secondary N) is 3. The van der Waals surface area contributed by atoms with Crippen LogP contribution in [0.3, 0.4) is 0 Å². The number of aliphatic imine (C=N–C) groups is 1. The van der Waals surface area contributed by atoms with Crippen molar-refractivity contribution in [3.63, 3.8) is 0 Å². The third kappa shape index (κ3) is 3.82. The zero-order chi connectivity index (χ0) is 21.1. The van der Waals surface area contributed by atoms with Crippen LogP contribution in [0, 0.1) is 0 Å². The lowest BCUT2D eigenvalue weighted by Gasteiger charge is -2.24. The smallest absolute Gasteiger partial charge is 0.339 e. The Kier molecular flexibility index (Phi) is 6.10. The minimum Gasteiger partial charge on any atom is -0.476 e. The average molecular weight is 415 g/mol. The number of urea groups is 1. The van der Waals surface area contributed by atoms with Gasteiger partial charge in [0.15, 0.2) is 5.70 Å². The van der Waals surface area contributed by atoms with E-state index >= 15 is 0 Å². The summed E-state index contributed by atoms with van der Waals surface area (Å²) >= 11 is 0. The first-order valence-corrected chi connectivity index (χ1v) is 10.6. The molecule has 0 unspecified atom stereocenters. The Hall–Kier alpha value is -2.78. The Bertz CT molecular complexity index is 860. The lowest BCUT2D eigenvalue weighted by Crippen LogP contribution is -2.44. The number of carbonyl (C=O) groups is 1. The fourth-order valence-electron chi connectivity index (χ4n) is 4.76. The molecule has 162 valence electrons. The van der Waals surface area contributed by atoms with Crippen molar-refractivity contribution in [3.8, 4) is 0 Å². The van der Waals surface area contributed by atoms with Crippen molar-refractivity contribution in [1.82, 2.24) is 15.9 Å². The van der Waals surface area contributed by atoms with E-state index in [1.807, 2.05) is 7.05 Å². The van der Waals surface area contributed by atoms with Crippen LogP contribution in [0.2, 0.25) is 0 Å². The van der Waals surface area contributed by atoms with Crippen LogP contribution in [0.1, 0.15) is 47.1 Å². The van der Waals surface area contributed by atoms with Gasteiger partial charge in [0.25, 0.3) is 0 Å². The molecule has 0 radical (unpaired) electrons. The zero-order valence-corrected chi connectivity index (χ0v) is 17.4. The first kappa shape index (κ1) is 20.5. The van der Waals surface area contributed by atoms with E-state index < -0.39 is 6.03 Å². The molecule has 0 atom stereocenters. The van der Waals surface area contributed by atoms with E-state index in [4.69, 9.17) is 10.5 Å². The summed E-state index contributed by atoms with van der Waals surface area (Å²) in [5.74, 6) is 0.213. The standard InChI is InChI=1S/C21H30N6O3/c1-23-12-17-13-5-2-7-15(13)19(16-8-3-6-14(16)17)25-21(28)26-27(29)18(11-22)20-24-9-4-10-30-20/h11,23,29H,2-10,12,22H2,1H3,(H2,25,26,28)/b18-11+. The number of nitrogens with two attached hydrogens (primary N) is 1. The molecule has 3 aliphatic rings. The van der Waals surface area contributed by atoms with Crippen LogP contribution in [-0.4, -0.2) is 42.5 Å². The maximum atomic E-state index is 12.8. The van der Waals surface area contributed by atoms with Gasteiger partial charge in [-0.15, -0.1) is 0 Å². The molecule has 0 aromatic heterocycles. The quantitative estimate of drug-likeness (QED) is 0.452. The molecule has 1 aromatic carbocycles. The van der Waals surface area contributed by atoms with Gasteiger partial charge in [-0.05, 0) is 73.4 Å². The van der Waals surface area contributed by atoms with Crippen LogP contribution in [0.15, 0.2) is 16.9 Å². The van der Waals surface area contributed by atoms with Gasteiger partial charge in [0.1, 0.15) is 0 Å². The second kappa shape index (κ2) is 8.93. The van der Waals surface area contributed by atoms with Gasteiger partial charge in [-0.1, -0.05) is 0 Å². The topological polar surface area (TPSA) is 124 Å². The molecule has 4 rings (SSSR count). The van der Waals surface area contributed by atoms with Crippen LogP contribution in [0.25, 0.3) is 0 Å². The summed E-state index contributed by atoms with van der Waals surface area (Å²) in [6, 6.07) is -0.530. The summed E-state index contributed by atoms with van der Waals surface area (Å²) in [4.78, 5) is 17.0. The normalized spacial score (nSPS) is 17.7. The number of ether oxygens (including phenoxy) is 1. The largest absolute Gasteiger partial charge is 0.476 e. The Balaban J connectivity index is 1.55. The number of hydrogen-bond donors (Lipinski definition) is 5. The molecule has 9 heteroatoms. The maximum absolute atomic E-state index is 12.8. The second-order valence-corrected chi connectivity index (χ2v) is 7.82. The summed E-state index contributed by atoms with van der Waals surface area (Å²) in [5, 5.41) is 17.2. The molecule has 30 heavy (non-hydrogen) atoms. The molecule has 1 aromatic rings. The predicted octanol–water partition coefficient (Wildman–Crippen LogP) is 1.73. The summed E-state index contributed by atoms with van der Waals surface area (Å²) in [5.41, 5.74) is 15.7. The number of hydroxylamine groups is 1. The number of hydrazine groups is 1. The van der Waals surface area contributed by atoms with E-state index in [9.17, 15) is 10.0 Å². The van der Waals surface area contributed by atoms with Gasteiger partial charge in [-0.25, -0.2) is 15.2 Å². The summed E-state index contributed by atoms with van der Waals surface area (Å²) < 4.78 is 5.43. The Labute approximate surface area is 176 Å². The average Bonchev–Trinajstić information content (AvgIpc) is 3.42. The monoisotopic (exact) mass is 414 g/mol. The molecule has 1 aliphatic heterocycles. The van der Waals surface area contributed by atoms with Crippen LogP contribution in [0.5, 0.6) is 0 Å². The van der Waals surface area contributed by atoms with Gasteiger partial charge in [0.05, 0.1) is 6.61 Å². The van der Waals surface area contributed by atoms with Crippen molar-refractivity contribution in [1.29, 1.82) is 0 Å². The number of benzene rings is 1. The van der Waals surface area contributed by atoms with Crippen LogP contribution in [0.4, 0.5) is 10.5 Å². The molecular formula is C21H30N6O3. The Morgan fingerprint density at radius 3 is 2.40 bits per heavy atom. The SMILES string of the molecule is CNCc1c2c(c(NC(=O)NN(O)/C(=C/N)C3=NCCCO3)c3c1CCC3)CCC2. The lowest BCUT2D eigenvalue weighted by molar-refractivity contribution is -0.0830. The van der Waals surface area contributed by atoms with Crippen LogP contribution < -0.4 is 21.8 Å². The van der Waals surface area contributed by atoms with Gasteiger partial charge in [0, 0.05) is 31.4 Å². The van der Waals surface area contributed by atoms with Gasteiger partial charge >= 0.3 is 6.03 Å². The fourth-order valence-corrected chi connectivity index (χ4v) is 4.76. The van der Waals surface area contributed by atoms with Gasteiger partial charge in [0.2, 0.25) is 5.90 Å². The summed E-state index contributed by atoms with van der Waals surface area (Å²) in [6.07, 6.45) is 8.14. The van der Waals surface area contributed by atoms with Crippen molar-refractivity contribution in [2.45, 2.75) is 51.5 Å². The molecule has 2 amide bonds. The fraction of sp³-hybridized carbons (Fsp3) is 0.524. The van der Waals surface area contributed by atoms with Crippen molar-refractivity contribution < 1.29 is 14.7 Å². The maximum Gasteiger partial charge on any atom is 0.339 e. The molecule has 0 bridgehead atoms. The number of hydrogen-bond acceptors (Lipinski definition) is 7. The van der Waals surface area contributed by atoms with Gasteiger partial charge in [-0.3, -0.25) is 5.21 Å². The third-order valence-corrected chi connectivity index (χ3v) is 5.97. The number of anilines is 1. The van der Waals surface area contributed by atoms with Gasteiger partial charge < -0.3 is 21.1 Å². The molecule has 9 nitrogen and oxygen atoms in total. The highest BCUT2D eigenvalue weighted by Crippen LogP contribution is 2.41. The van der Waals surface area contributed by atoms with Gasteiger partial charge in [-0.2, -0.15) is 5.17 Å². The minimum absolute atomic E-state index is 0.102. The summed E-state index contributed by atoms with van der Waals surface area (Å²) in [7, 11) is 1.97. The molecule has 1 heterocycles. The number of rotatable bonds is 6. The summed E-state index contributed by atoms with van der Waals surface area (Å²) in [6.45, 7) is 1.94. The Morgan fingerprint density at radius 2 is 1.83 bits per heavy atom. The number of amides is 2. The highest BCUT2D eigenvalue weighted by molar-refractivity contribution is 5.95. The first-order chi connectivity index (χ1) is 14.6. The van der Waals surface area contributed by atoms with E-state index in [1.165, 1.54) is 27.8 Å². The number of nitrogens with zero attached hydrogens (tertiary/aromatic N) is 2. The highest BCUT2D eigenvalue weighted by Gasteiger charge is 2.29. The van der Waals surface area contributed by atoms with Crippen LogP contribution >= 0.6 is 0 Å². The van der Waals surface area contributed by atoms with Crippen molar-refractivity contribution >= 4 is 17.6 Å². The number of carbonyl (C=O) groups excluding carboxylic acids is 1.